The van der Waals surface area contributed by atoms with E-state index in [9.17, 15) is 31.2 Å². The van der Waals surface area contributed by atoms with Gasteiger partial charge in [-0.1, -0.05) is 17.7 Å². The van der Waals surface area contributed by atoms with E-state index in [0.29, 0.717) is 6.07 Å². The minimum Gasteiger partial charge on any atom is -0.425 e. The lowest BCUT2D eigenvalue weighted by Crippen LogP contribution is -2.40. The van der Waals surface area contributed by atoms with Crippen molar-refractivity contribution in [2.45, 2.75) is 31.0 Å². The van der Waals surface area contributed by atoms with Gasteiger partial charge in [0.15, 0.2) is 0 Å². The van der Waals surface area contributed by atoms with Gasteiger partial charge in [0.05, 0.1) is 10.5 Å². The van der Waals surface area contributed by atoms with Gasteiger partial charge in [-0.2, -0.15) is 17.9 Å². The van der Waals surface area contributed by atoms with Crippen LogP contribution in [0.1, 0.15) is 18.1 Å². The molecular weight excluding hydrogens is 439 g/mol. The fourth-order valence-electron chi connectivity index (χ4n) is 2.71. The molecule has 0 amide bonds. The first-order chi connectivity index (χ1) is 14.4. The molecule has 1 aromatic heterocycles. The Hall–Kier alpha value is -3.18. The van der Waals surface area contributed by atoms with Crippen molar-refractivity contribution in [2.24, 2.45) is 0 Å². The number of ether oxygens (including phenoxy) is 1. The van der Waals surface area contributed by atoms with Gasteiger partial charge < -0.3 is 9.15 Å². The van der Waals surface area contributed by atoms with Crippen LogP contribution in [-0.4, -0.2) is 20.4 Å². The third kappa shape index (κ3) is 5.12. The molecule has 3 aromatic rings. The molecule has 1 atom stereocenters. The van der Waals surface area contributed by atoms with E-state index in [2.05, 4.69) is 4.72 Å². The third-order valence-electron chi connectivity index (χ3n) is 4.26. The summed E-state index contributed by atoms with van der Waals surface area (Å²) >= 11 is 0. The highest BCUT2D eigenvalue weighted by Gasteiger charge is 2.34. The molecule has 3 rings (SSSR count). The molecule has 2 aromatic carbocycles. The van der Waals surface area contributed by atoms with E-state index in [-0.39, 0.29) is 16.0 Å². The SMILES string of the molecule is Cc1ccc(S(=O)(=O)N[C@@H](C)C(=O)Oc2ccc3c(C(F)(F)F)cc(=O)oc3c2)cc1. The van der Waals surface area contributed by atoms with Crippen LogP contribution in [0.15, 0.2) is 62.6 Å². The number of aryl methyl sites for hydroxylation is 1. The summed E-state index contributed by atoms with van der Waals surface area (Å²) in [6.07, 6.45) is -4.78. The van der Waals surface area contributed by atoms with E-state index in [1.165, 1.54) is 19.1 Å². The maximum Gasteiger partial charge on any atom is 0.417 e. The topological polar surface area (TPSA) is 103 Å². The molecule has 7 nitrogen and oxygen atoms in total. The highest BCUT2D eigenvalue weighted by atomic mass is 32.2. The van der Waals surface area contributed by atoms with Crippen molar-refractivity contribution in [3.05, 3.63) is 70.1 Å². The average molecular weight is 455 g/mol. The number of halogens is 3. The molecule has 0 radical (unpaired) electrons. The van der Waals surface area contributed by atoms with E-state index in [1.54, 1.807) is 19.1 Å². The quantitative estimate of drug-likeness (QED) is 0.359. The summed E-state index contributed by atoms with van der Waals surface area (Å²) in [6.45, 7) is 3.03. The number of esters is 1. The summed E-state index contributed by atoms with van der Waals surface area (Å²) in [4.78, 5) is 23.7. The summed E-state index contributed by atoms with van der Waals surface area (Å²) in [7, 11) is -4.01. The molecule has 0 saturated heterocycles. The van der Waals surface area contributed by atoms with Gasteiger partial charge in [0.1, 0.15) is 17.4 Å². The molecule has 0 aliphatic heterocycles. The van der Waals surface area contributed by atoms with Crippen LogP contribution >= 0.6 is 0 Å². The molecule has 0 spiro atoms. The van der Waals surface area contributed by atoms with Crippen molar-refractivity contribution in [1.29, 1.82) is 0 Å². The molecule has 164 valence electrons. The van der Waals surface area contributed by atoms with Crippen LogP contribution in [0.4, 0.5) is 13.2 Å². The maximum absolute atomic E-state index is 13.1. The van der Waals surface area contributed by atoms with Crippen molar-refractivity contribution >= 4 is 27.0 Å². The summed E-state index contributed by atoms with van der Waals surface area (Å²) in [5.41, 5.74) is -1.99. The minimum atomic E-state index is -4.78. The van der Waals surface area contributed by atoms with Crippen molar-refractivity contribution in [1.82, 2.24) is 4.72 Å². The Kier molecular flexibility index (Phi) is 5.92. The van der Waals surface area contributed by atoms with Gasteiger partial charge in [-0.3, -0.25) is 0 Å². The summed E-state index contributed by atoms with van der Waals surface area (Å²) in [6, 6.07) is 7.97. The molecule has 1 heterocycles. The lowest BCUT2D eigenvalue weighted by Gasteiger charge is -2.14. The fraction of sp³-hybridized carbons (Fsp3) is 0.200. The van der Waals surface area contributed by atoms with E-state index < -0.39 is 45.0 Å². The monoisotopic (exact) mass is 455 g/mol. The Morgan fingerprint density at radius 2 is 1.74 bits per heavy atom. The first-order valence-electron chi connectivity index (χ1n) is 8.82. The highest BCUT2D eigenvalue weighted by Crippen LogP contribution is 2.34. The van der Waals surface area contributed by atoms with Gasteiger partial charge in [-0.05, 0) is 38.1 Å². The number of sulfonamides is 1. The van der Waals surface area contributed by atoms with Gasteiger partial charge >= 0.3 is 17.8 Å². The first kappa shape index (κ1) is 22.5. The molecule has 0 fully saturated rings. The van der Waals surface area contributed by atoms with E-state index in [4.69, 9.17) is 9.15 Å². The zero-order chi connectivity index (χ0) is 23.0. The van der Waals surface area contributed by atoms with Crippen LogP contribution in [0.25, 0.3) is 11.0 Å². The van der Waals surface area contributed by atoms with E-state index in [1.807, 2.05) is 0 Å². The second-order valence-corrected chi connectivity index (χ2v) is 8.43. The third-order valence-corrected chi connectivity index (χ3v) is 5.81. The van der Waals surface area contributed by atoms with Gasteiger partial charge in [0, 0.05) is 17.5 Å². The van der Waals surface area contributed by atoms with Gasteiger partial charge in [-0.25, -0.2) is 18.0 Å². The standard InChI is InChI=1S/C20H16F3NO6S/c1-11-3-6-14(7-4-11)31(27,28)24-12(2)19(26)29-13-5-8-15-16(20(21,22)23)10-18(25)30-17(15)9-13/h3-10,12,24H,1-2H3/t12-/m0/s1. The first-order valence-corrected chi connectivity index (χ1v) is 10.3. The van der Waals surface area contributed by atoms with Gasteiger partial charge in [-0.15, -0.1) is 0 Å². The number of nitrogens with one attached hydrogen (secondary N) is 1. The molecule has 0 aliphatic rings. The molecular formula is C20H16F3NO6S. The smallest absolute Gasteiger partial charge is 0.417 e. The van der Waals surface area contributed by atoms with Crippen molar-refractivity contribution < 1.29 is 35.5 Å². The minimum absolute atomic E-state index is 0.0510. The van der Waals surface area contributed by atoms with E-state index in [0.717, 1.165) is 23.8 Å². The zero-order valence-electron chi connectivity index (χ0n) is 16.2. The number of hydrogen-bond donors (Lipinski definition) is 1. The summed E-state index contributed by atoms with van der Waals surface area (Å²) in [5.74, 6) is -1.23. The van der Waals surface area contributed by atoms with Gasteiger partial charge in [0.25, 0.3) is 0 Å². The normalized spacial score (nSPS) is 13.2. The molecule has 11 heteroatoms. The number of alkyl halides is 3. The van der Waals surface area contributed by atoms with Crippen LogP contribution in [0, 0.1) is 6.92 Å². The second-order valence-electron chi connectivity index (χ2n) is 6.71. The number of carbonyl (C=O) groups excluding carboxylic acids is 1. The summed E-state index contributed by atoms with van der Waals surface area (Å²) in [5, 5.41) is -0.389. The van der Waals surface area contributed by atoms with Crippen LogP contribution < -0.4 is 15.1 Å². The van der Waals surface area contributed by atoms with E-state index >= 15 is 0 Å². The number of fused-ring (bicyclic) bond motifs is 1. The lowest BCUT2D eigenvalue weighted by molar-refractivity contribution is -0.137. The number of rotatable bonds is 5. The van der Waals surface area contributed by atoms with Crippen molar-refractivity contribution in [3.8, 4) is 5.75 Å². The van der Waals surface area contributed by atoms with Crippen LogP contribution in [-0.2, 0) is 21.0 Å². The highest BCUT2D eigenvalue weighted by molar-refractivity contribution is 7.89. The zero-order valence-corrected chi connectivity index (χ0v) is 17.0. The molecule has 0 saturated carbocycles. The molecule has 0 unspecified atom stereocenters. The number of carbonyl (C=O) groups is 1. The predicted molar refractivity (Wildman–Crippen MR) is 104 cm³/mol. The number of hydrogen-bond acceptors (Lipinski definition) is 6. The van der Waals surface area contributed by atoms with Crippen molar-refractivity contribution in [3.63, 3.8) is 0 Å². The fourth-order valence-corrected chi connectivity index (χ4v) is 3.90. The largest absolute Gasteiger partial charge is 0.425 e. The summed E-state index contributed by atoms with van der Waals surface area (Å²) < 4.78 is 76.0. The Bertz CT molecular complexity index is 1300. The molecule has 31 heavy (non-hydrogen) atoms. The second kappa shape index (κ2) is 8.16. The van der Waals surface area contributed by atoms with Crippen molar-refractivity contribution in [2.75, 3.05) is 0 Å². The average Bonchev–Trinajstić information content (AvgIpc) is 2.66. The molecule has 0 bridgehead atoms. The van der Waals surface area contributed by atoms with Crippen LogP contribution in [0.5, 0.6) is 5.75 Å². The lowest BCUT2D eigenvalue weighted by atomic mass is 10.1. The number of benzene rings is 2. The molecule has 0 aliphatic carbocycles. The molecule has 1 N–H and O–H groups in total. The Balaban J connectivity index is 1.81. The van der Waals surface area contributed by atoms with Gasteiger partial charge in [0.2, 0.25) is 10.0 Å². The predicted octanol–water partition coefficient (Wildman–Crippen LogP) is 3.39. The van der Waals surface area contributed by atoms with Crippen LogP contribution in [0.3, 0.4) is 0 Å². The Labute approximate surface area is 174 Å². The van der Waals surface area contributed by atoms with Crippen LogP contribution in [0.2, 0.25) is 0 Å². The Morgan fingerprint density at radius 1 is 1.10 bits per heavy atom. The maximum atomic E-state index is 13.1. The Morgan fingerprint density at radius 3 is 2.35 bits per heavy atom.